The number of ether oxygens (including phenoxy) is 2. The third-order valence-electron chi connectivity index (χ3n) is 8.97. The number of hydrogen-bond acceptors (Lipinski definition) is 6. The molecule has 40 heavy (non-hydrogen) atoms. The topological polar surface area (TPSA) is 82.7 Å². The van der Waals surface area contributed by atoms with Crippen molar-refractivity contribution in [2.45, 2.75) is 56.3 Å². The number of amides is 1. The number of H-pyrrole nitrogens is 1. The van der Waals surface area contributed by atoms with Gasteiger partial charge in [0.2, 0.25) is 0 Å². The molecule has 2 N–H and O–H groups in total. The largest absolute Gasteiger partial charge is 0.487 e. The maximum atomic E-state index is 14.4. The van der Waals surface area contributed by atoms with Gasteiger partial charge >= 0.3 is 0 Å². The van der Waals surface area contributed by atoms with Crippen LogP contribution >= 0.6 is 0 Å². The number of nitrogens with one attached hydrogen (secondary N) is 2. The Labute approximate surface area is 235 Å². The van der Waals surface area contributed by atoms with E-state index in [1.54, 1.807) is 0 Å². The van der Waals surface area contributed by atoms with Crippen molar-refractivity contribution in [3.8, 4) is 17.0 Å². The molecule has 6 rings (SSSR count). The van der Waals surface area contributed by atoms with Gasteiger partial charge in [0, 0.05) is 54.8 Å². The summed E-state index contributed by atoms with van der Waals surface area (Å²) in [6.45, 7) is 5.25. The summed E-state index contributed by atoms with van der Waals surface area (Å²) in [7, 11) is 1.93. The fourth-order valence-corrected chi connectivity index (χ4v) is 6.61. The number of rotatable bonds is 7. The van der Waals surface area contributed by atoms with Crippen LogP contribution in [0, 0.1) is 0 Å². The van der Waals surface area contributed by atoms with E-state index in [0.717, 1.165) is 67.8 Å². The molecule has 214 valence electrons. The fourth-order valence-electron chi connectivity index (χ4n) is 6.61. The molecular formula is C31H40FN5O3. The summed E-state index contributed by atoms with van der Waals surface area (Å²) in [6.07, 6.45) is 5.14. The SMILES string of the molecule is CN1CC[C@@H](Oc2ccc(-c3n[nH]c4ccc(C(=O)NCC5(N6CCOCC6)CCCCC5)cc34)cc2)[C@@H](F)C1. The van der Waals surface area contributed by atoms with Crippen LogP contribution in [-0.4, -0.2) is 96.7 Å². The van der Waals surface area contributed by atoms with Crippen LogP contribution in [0.25, 0.3) is 22.2 Å². The van der Waals surface area contributed by atoms with Crippen molar-refractivity contribution in [1.82, 2.24) is 25.3 Å². The predicted octanol–water partition coefficient (Wildman–Crippen LogP) is 4.42. The second-order valence-corrected chi connectivity index (χ2v) is 11.6. The molecule has 1 saturated carbocycles. The van der Waals surface area contributed by atoms with Crippen LogP contribution in [0.3, 0.4) is 0 Å². The molecule has 3 aromatic rings. The van der Waals surface area contributed by atoms with Gasteiger partial charge in [-0.3, -0.25) is 14.8 Å². The molecule has 2 saturated heterocycles. The number of benzene rings is 2. The van der Waals surface area contributed by atoms with Crippen molar-refractivity contribution in [2.75, 3.05) is 53.0 Å². The van der Waals surface area contributed by atoms with E-state index in [0.29, 0.717) is 30.8 Å². The molecule has 1 aromatic heterocycles. The van der Waals surface area contributed by atoms with Crippen LogP contribution in [0.5, 0.6) is 5.75 Å². The molecule has 3 heterocycles. The van der Waals surface area contributed by atoms with E-state index in [4.69, 9.17) is 9.47 Å². The average molecular weight is 550 g/mol. The lowest BCUT2D eigenvalue weighted by atomic mass is 9.79. The van der Waals surface area contributed by atoms with Gasteiger partial charge in [-0.05, 0) is 68.8 Å². The molecule has 2 aromatic carbocycles. The van der Waals surface area contributed by atoms with Crippen LogP contribution in [0.4, 0.5) is 4.39 Å². The standard InChI is InChI=1S/C31H40FN5O3/c1-36-14-11-28(26(32)20-36)40-24-8-5-22(6-9-24)29-25-19-23(7-10-27(25)34-35-29)30(38)33-21-31(12-3-2-4-13-31)37-15-17-39-18-16-37/h5-10,19,26,28H,2-4,11-18,20-21H2,1H3,(H,33,38)(H,34,35)/t26-,28+/m0/s1. The number of morpholine rings is 1. The first-order valence-electron chi connectivity index (χ1n) is 14.7. The summed E-state index contributed by atoms with van der Waals surface area (Å²) >= 11 is 0. The molecule has 0 spiro atoms. The van der Waals surface area contributed by atoms with Gasteiger partial charge in [0.1, 0.15) is 18.0 Å². The first-order valence-corrected chi connectivity index (χ1v) is 14.7. The maximum absolute atomic E-state index is 14.4. The number of fused-ring (bicyclic) bond motifs is 1. The zero-order valence-electron chi connectivity index (χ0n) is 23.3. The molecule has 0 radical (unpaired) electrons. The molecule has 1 amide bonds. The highest BCUT2D eigenvalue weighted by atomic mass is 19.1. The predicted molar refractivity (Wildman–Crippen MR) is 153 cm³/mol. The van der Waals surface area contributed by atoms with Crippen molar-refractivity contribution in [3.63, 3.8) is 0 Å². The number of likely N-dealkylation sites (tertiary alicyclic amines) is 1. The quantitative estimate of drug-likeness (QED) is 0.454. The second kappa shape index (κ2) is 11.8. The Hall–Kier alpha value is -3.01. The van der Waals surface area contributed by atoms with E-state index >= 15 is 0 Å². The molecule has 8 nitrogen and oxygen atoms in total. The molecule has 3 fully saturated rings. The maximum Gasteiger partial charge on any atom is 0.251 e. The lowest BCUT2D eigenvalue weighted by Gasteiger charge is -2.48. The number of nitrogens with zero attached hydrogens (tertiary/aromatic N) is 3. The van der Waals surface area contributed by atoms with Crippen molar-refractivity contribution in [1.29, 1.82) is 0 Å². The summed E-state index contributed by atoms with van der Waals surface area (Å²) < 4.78 is 26.0. The second-order valence-electron chi connectivity index (χ2n) is 11.6. The summed E-state index contributed by atoms with van der Waals surface area (Å²) in [5, 5.41) is 11.8. The van der Waals surface area contributed by atoms with Gasteiger partial charge in [0.25, 0.3) is 5.91 Å². The molecule has 1 aliphatic carbocycles. The summed E-state index contributed by atoms with van der Waals surface area (Å²) in [5.41, 5.74) is 3.19. The highest BCUT2D eigenvalue weighted by molar-refractivity contribution is 6.01. The smallest absolute Gasteiger partial charge is 0.251 e. The van der Waals surface area contributed by atoms with E-state index in [9.17, 15) is 9.18 Å². The van der Waals surface area contributed by atoms with Gasteiger partial charge in [0.15, 0.2) is 0 Å². The molecule has 2 aliphatic heterocycles. The average Bonchev–Trinajstić information content (AvgIpc) is 3.42. The Morgan fingerprint density at radius 1 is 1.12 bits per heavy atom. The van der Waals surface area contributed by atoms with E-state index in [1.807, 2.05) is 54.4 Å². The van der Waals surface area contributed by atoms with E-state index in [-0.39, 0.29) is 11.4 Å². The highest BCUT2D eigenvalue weighted by Crippen LogP contribution is 2.34. The third-order valence-corrected chi connectivity index (χ3v) is 8.97. The van der Waals surface area contributed by atoms with Crippen molar-refractivity contribution in [2.24, 2.45) is 0 Å². The first-order chi connectivity index (χ1) is 19.5. The number of aromatic nitrogens is 2. The van der Waals surface area contributed by atoms with Crippen LogP contribution in [-0.2, 0) is 4.74 Å². The lowest BCUT2D eigenvalue weighted by Crippen LogP contribution is -2.59. The summed E-state index contributed by atoms with van der Waals surface area (Å²) in [4.78, 5) is 17.9. The summed E-state index contributed by atoms with van der Waals surface area (Å²) in [5.74, 6) is 0.590. The summed E-state index contributed by atoms with van der Waals surface area (Å²) in [6, 6.07) is 13.3. The van der Waals surface area contributed by atoms with Crippen LogP contribution in [0.15, 0.2) is 42.5 Å². The Bertz CT molecular complexity index is 1300. The Morgan fingerprint density at radius 2 is 1.90 bits per heavy atom. The van der Waals surface area contributed by atoms with E-state index in [2.05, 4.69) is 20.4 Å². The highest BCUT2D eigenvalue weighted by Gasteiger charge is 2.39. The normalized spacial score (nSPS) is 24.1. The number of alkyl halides is 1. The minimum Gasteiger partial charge on any atom is -0.487 e. The fraction of sp³-hybridized carbons (Fsp3) is 0.548. The Morgan fingerprint density at radius 3 is 2.65 bits per heavy atom. The zero-order valence-corrected chi connectivity index (χ0v) is 23.3. The van der Waals surface area contributed by atoms with E-state index < -0.39 is 12.3 Å². The van der Waals surface area contributed by atoms with Gasteiger partial charge in [-0.1, -0.05) is 19.3 Å². The molecule has 0 unspecified atom stereocenters. The Kier molecular flexibility index (Phi) is 8.05. The van der Waals surface area contributed by atoms with Crippen LogP contribution < -0.4 is 10.1 Å². The minimum atomic E-state index is -1.000. The van der Waals surface area contributed by atoms with Gasteiger partial charge in [0.05, 0.1) is 24.4 Å². The minimum absolute atomic E-state index is 0.0160. The van der Waals surface area contributed by atoms with Gasteiger partial charge in [-0.15, -0.1) is 0 Å². The number of halogens is 1. The van der Waals surface area contributed by atoms with Crippen molar-refractivity contribution in [3.05, 3.63) is 48.0 Å². The number of carbonyl (C=O) groups is 1. The number of piperidine rings is 1. The Balaban J connectivity index is 1.15. The molecule has 0 bridgehead atoms. The van der Waals surface area contributed by atoms with Crippen molar-refractivity contribution >= 4 is 16.8 Å². The molecule has 9 heteroatoms. The number of hydrogen-bond donors (Lipinski definition) is 2. The monoisotopic (exact) mass is 549 g/mol. The molecular weight excluding hydrogens is 509 g/mol. The lowest BCUT2D eigenvalue weighted by molar-refractivity contribution is -0.0361. The van der Waals surface area contributed by atoms with Crippen LogP contribution in [0.2, 0.25) is 0 Å². The number of carbonyl (C=O) groups excluding carboxylic acids is 1. The van der Waals surface area contributed by atoms with Gasteiger partial charge in [-0.2, -0.15) is 5.10 Å². The van der Waals surface area contributed by atoms with Crippen molar-refractivity contribution < 1.29 is 18.7 Å². The third kappa shape index (κ3) is 5.73. The zero-order chi connectivity index (χ0) is 27.5. The van der Waals surface area contributed by atoms with E-state index in [1.165, 1.54) is 19.3 Å². The number of aromatic amines is 1. The van der Waals surface area contributed by atoms with Gasteiger partial charge < -0.3 is 19.7 Å². The van der Waals surface area contributed by atoms with Crippen LogP contribution in [0.1, 0.15) is 48.9 Å². The van der Waals surface area contributed by atoms with Gasteiger partial charge in [-0.25, -0.2) is 4.39 Å². The molecule has 2 atom stereocenters. The first kappa shape index (κ1) is 27.2. The molecule has 3 aliphatic rings.